The van der Waals surface area contributed by atoms with Crippen LogP contribution < -0.4 is 5.32 Å². The molecular formula is C14H16ClNO3S. The van der Waals surface area contributed by atoms with E-state index in [1.807, 2.05) is 6.26 Å². The average molecular weight is 314 g/mol. The first kappa shape index (κ1) is 16.6. The van der Waals surface area contributed by atoms with Crippen LogP contribution >= 0.6 is 23.4 Å². The number of nitrogens with one attached hydrogen (secondary N) is 1. The molecule has 0 bridgehead atoms. The molecule has 0 aliphatic rings. The summed E-state index contributed by atoms with van der Waals surface area (Å²) in [6, 6.07) is 4.13. The highest BCUT2D eigenvalue weighted by Crippen LogP contribution is 2.23. The van der Waals surface area contributed by atoms with Gasteiger partial charge < -0.3 is 10.4 Å². The summed E-state index contributed by atoms with van der Waals surface area (Å²) in [6.07, 6.45) is 4.30. The Bertz CT molecular complexity index is 519. The summed E-state index contributed by atoms with van der Waals surface area (Å²) in [5, 5.41) is 11.9. The van der Waals surface area contributed by atoms with Gasteiger partial charge in [0.1, 0.15) is 6.04 Å². The van der Waals surface area contributed by atoms with Gasteiger partial charge in [0.25, 0.3) is 5.91 Å². The minimum atomic E-state index is -1.07. The number of hydrogen-bond donors (Lipinski definition) is 2. The SMILES string of the molecule is C=CCCC(NC(=O)c1cc(SC)ccc1Cl)C(=O)O. The van der Waals surface area contributed by atoms with E-state index in [9.17, 15) is 9.59 Å². The highest BCUT2D eigenvalue weighted by Gasteiger charge is 2.21. The van der Waals surface area contributed by atoms with Crippen LogP contribution in [0.1, 0.15) is 23.2 Å². The minimum Gasteiger partial charge on any atom is -0.480 e. The van der Waals surface area contributed by atoms with E-state index in [-0.39, 0.29) is 5.56 Å². The standard InChI is InChI=1S/C14H16ClNO3S/c1-3-4-5-12(14(18)19)16-13(17)10-8-9(20-2)6-7-11(10)15/h3,6-8,12H,1,4-5H2,2H3,(H,16,17)(H,18,19). The summed E-state index contributed by atoms with van der Waals surface area (Å²) in [4.78, 5) is 24.1. The summed E-state index contributed by atoms with van der Waals surface area (Å²) in [7, 11) is 0. The maximum absolute atomic E-state index is 12.1. The number of rotatable bonds is 7. The van der Waals surface area contributed by atoms with Crippen molar-refractivity contribution >= 4 is 35.2 Å². The summed E-state index contributed by atoms with van der Waals surface area (Å²) < 4.78 is 0. The highest BCUT2D eigenvalue weighted by molar-refractivity contribution is 7.98. The Balaban J connectivity index is 2.88. The molecule has 0 aliphatic carbocycles. The molecule has 0 radical (unpaired) electrons. The molecule has 1 atom stereocenters. The van der Waals surface area contributed by atoms with E-state index >= 15 is 0 Å². The van der Waals surface area contributed by atoms with Crippen molar-refractivity contribution < 1.29 is 14.7 Å². The maximum atomic E-state index is 12.1. The van der Waals surface area contributed by atoms with Gasteiger partial charge in [-0.1, -0.05) is 17.7 Å². The van der Waals surface area contributed by atoms with Gasteiger partial charge in [-0.05, 0) is 37.3 Å². The summed E-state index contributed by atoms with van der Waals surface area (Å²) in [6.45, 7) is 3.54. The molecule has 0 saturated heterocycles. The van der Waals surface area contributed by atoms with Gasteiger partial charge in [-0.15, -0.1) is 18.3 Å². The normalized spacial score (nSPS) is 11.7. The second kappa shape index (κ2) is 7.97. The van der Waals surface area contributed by atoms with Crippen LogP contribution in [0.15, 0.2) is 35.7 Å². The lowest BCUT2D eigenvalue weighted by Crippen LogP contribution is -2.40. The molecule has 0 heterocycles. The first-order valence-corrected chi connectivity index (χ1v) is 7.58. The fourth-order valence-corrected chi connectivity index (χ4v) is 2.23. The molecule has 0 fully saturated rings. The van der Waals surface area contributed by atoms with Gasteiger partial charge in [-0.2, -0.15) is 0 Å². The Kier molecular flexibility index (Phi) is 6.61. The zero-order chi connectivity index (χ0) is 15.1. The number of carboxylic acid groups (broad SMARTS) is 1. The van der Waals surface area contributed by atoms with E-state index in [4.69, 9.17) is 16.7 Å². The number of carbonyl (C=O) groups is 2. The van der Waals surface area contributed by atoms with Gasteiger partial charge in [-0.25, -0.2) is 4.79 Å². The molecule has 0 spiro atoms. The van der Waals surface area contributed by atoms with E-state index in [0.717, 1.165) is 4.90 Å². The number of aliphatic carboxylic acids is 1. The van der Waals surface area contributed by atoms with Crippen LogP contribution in [0, 0.1) is 0 Å². The molecule has 0 aromatic heterocycles. The average Bonchev–Trinajstić information content (AvgIpc) is 2.43. The van der Waals surface area contributed by atoms with Gasteiger partial charge in [0.15, 0.2) is 0 Å². The zero-order valence-electron chi connectivity index (χ0n) is 11.1. The quantitative estimate of drug-likeness (QED) is 0.599. The number of halogens is 1. The Labute approximate surface area is 127 Å². The monoisotopic (exact) mass is 313 g/mol. The van der Waals surface area contributed by atoms with Crippen molar-refractivity contribution in [2.75, 3.05) is 6.26 Å². The molecule has 1 unspecified atom stereocenters. The van der Waals surface area contributed by atoms with Gasteiger partial charge in [0.2, 0.25) is 0 Å². The van der Waals surface area contributed by atoms with Gasteiger partial charge >= 0.3 is 5.97 Å². The van der Waals surface area contributed by atoms with Crippen LogP contribution in [0.25, 0.3) is 0 Å². The first-order chi connectivity index (χ1) is 9.49. The lowest BCUT2D eigenvalue weighted by Gasteiger charge is -2.14. The van der Waals surface area contributed by atoms with Crippen molar-refractivity contribution in [3.05, 3.63) is 41.4 Å². The lowest BCUT2D eigenvalue weighted by molar-refractivity contribution is -0.139. The van der Waals surface area contributed by atoms with Crippen LogP contribution in [0.2, 0.25) is 5.02 Å². The second-order valence-electron chi connectivity index (χ2n) is 4.08. The fraction of sp³-hybridized carbons (Fsp3) is 0.286. The number of carboxylic acids is 1. The van der Waals surface area contributed by atoms with Crippen LogP contribution in [0.5, 0.6) is 0 Å². The van der Waals surface area contributed by atoms with Crippen LogP contribution in [0.4, 0.5) is 0 Å². The van der Waals surface area contributed by atoms with Crippen LogP contribution in [-0.2, 0) is 4.79 Å². The van der Waals surface area contributed by atoms with E-state index in [2.05, 4.69) is 11.9 Å². The molecule has 4 nitrogen and oxygen atoms in total. The molecule has 108 valence electrons. The van der Waals surface area contributed by atoms with E-state index in [1.54, 1.807) is 24.3 Å². The molecule has 0 saturated carbocycles. The number of hydrogen-bond acceptors (Lipinski definition) is 3. The van der Waals surface area contributed by atoms with Gasteiger partial charge in [0, 0.05) is 4.90 Å². The molecule has 1 rings (SSSR count). The summed E-state index contributed by atoms with van der Waals surface area (Å²) in [5.41, 5.74) is 0.281. The molecule has 2 N–H and O–H groups in total. The van der Waals surface area contributed by atoms with Gasteiger partial charge in [-0.3, -0.25) is 4.79 Å². The molecule has 1 amide bonds. The highest BCUT2D eigenvalue weighted by atomic mass is 35.5. The Morgan fingerprint density at radius 1 is 1.55 bits per heavy atom. The van der Waals surface area contributed by atoms with E-state index in [1.165, 1.54) is 11.8 Å². The van der Waals surface area contributed by atoms with Crippen molar-refractivity contribution in [3.8, 4) is 0 Å². The summed E-state index contributed by atoms with van der Waals surface area (Å²) in [5.74, 6) is -1.56. The van der Waals surface area contributed by atoms with E-state index in [0.29, 0.717) is 17.9 Å². The molecule has 20 heavy (non-hydrogen) atoms. The molecule has 1 aromatic rings. The fourth-order valence-electron chi connectivity index (χ4n) is 1.58. The third-order valence-electron chi connectivity index (χ3n) is 2.68. The van der Waals surface area contributed by atoms with Crippen LogP contribution in [-0.4, -0.2) is 29.3 Å². The molecular weight excluding hydrogens is 298 g/mol. The number of benzene rings is 1. The molecule has 0 aliphatic heterocycles. The topological polar surface area (TPSA) is 66.4 Å². The van der Waals surface area contributed by atoms with Crippen molar-refractivity contribution in [3.63, 3.8) is 0 Å². The Morgan fingerprint density at radius 3 is 2.80 bits per heavy atom. The van der Waals surface area contributed by atoms with Crippen LogP contribution in [0.3, 0.4) is 0 Å². The largest absolute Gasteiger partial charge is 0.480 e. The predicted molar refractivity (Wildman–Crippen MR) is 81.6 cm³/mol. The van der Waals surface area contributed by atoms with Crippen molar-refractivity contribution in [1.82, 2.24) is 5.32 Å². The summed E-state index contributed by atoms with van der Waals surface area (Å²) >= 11 is 7.46. The second-order valence-corrected chi connectivity index (χ2v) is 5.36. The lowest BCUT2D eigenvalue weighted by atomic mass is 10.1. The number of thioether (sulfide) groups is 1. The number of amides is 1. The predicted octanol–water partition coefficient (Wildman–Crippen LogP) is 3.21. The van der Waals surface area contributed by atoms with E-state index < -0.39 is 17.9 Å². The maximum Gasteiger partial charge on any atom is 0.326 e. The zero-order valence-corrected chi connectivity index (χ0v) is 12.6. The first-order valence-electron chi connectivity index (χ1n) is 5.97. The molecule has 1 aromatic carbocycles. The number of allylic oxidation sites excluding steroid dienone is 1. The van der Waals surface area contributed by atoms with Crippen molar-refractivity contribution in [2.24, 2.45) is 0 Å². The minimum absolute atomic E-state index is 0.281. The number of carbonyl (C=O) groups excluding carboxylic acids is 1. The third kappa shape index (κ3) is 4.58. The van der Waals surface area contributed by atoms with Gasteiger partial charge in [0.05, 0.1) is 10.6 Å². The smallest absolute Gasteiger partial charge is 0.326 e. The Hall–Kier alpha value is -1.46. The third-order valence-corrected chi connectivity index (χ3v) is 3.74. The Morgan fingerprint density at radius 2 is 2.25 bits per heavy atom. The van der Waals surface area contributed by atoms with Crippen molar-refractivity contribution in [1.29, 1.82) is 0 Å². The molecule has 6 heteroatoms. The van der Waals surface area contributed by atoms with Crippen molar-refractivity contribution in [2.45, 2.75) is 23.8 Å².